The minimum atomic E-state index is -1.82. The molecule has 4 N–H and O–H groups in total. The van der Waals surface area contributed by atoms with E-state index in [1.807, 2.05) is 64.1 Å². The summed E-state index contributed by atoms with van der Waals surface area (Å²) in [5.41, 5.74) is 8.49. The molecule has 0 amide bonds. The smallest absolute Gasteiger partial charge is 0.305 e. The zero-order valence-corrected chi connectivity index (χ0v) is 32.6. The van der Waals surface area contributed by atoms with E-state index < -0.39 is 11.2 Å². The van der Waals surface area contributed by atoms with E-state index in [-0.39, 0.29) is 31.2 Å². The number of carbonyl (C=O) groups excluding carboxylic acids is 2. The number of methoxy groups -OCH3 is 3. The lowest BCUT2D eigenvalue weighted by atomic mass is 9.77. The zero-order valence-electron chi connectivity index (χ0n) is 32.6. The minimum absolute atomic E-state index is 0.157. The van der Waals surface area contributed by atoms with E-state index in [1.165, 1.54) is 14.2 Å². The third-order valence-electron chi connectivity index (χ3n) is 11.4. The molecule has 0 radical (unpaired) electrons. The second kappa shape index (κ2) is 14.9. The highest BCUT2D eigenvalue weighted by atomic mass is 16.5. The first-order valence-corrected chi connectivity index (χ1v) is 18.4. The summed E-state index contributed by atoms with van der Waals surface area (Å²) in [6.07, 6.45) is 2.04. The van der Waals surface area contributed by atoms with Crippen LogP contribution in [0.5, 0.6) is 5.75 Å². The van der Waals surface area contributed by atoms with Gasteiger partial charge in [-0.1, -0.05) is 26.0 Å². The number of aromatic amines is 2. The van der Waals surface area contributed by atoms with Crippen LogP contribution < -0.4 is 4.74 Å². The number of ether oxygens (including phenoxy) is 3. The van der Waals surface area contributed by atoms with Gasteiger partial charge in [-0.25, -0.2) is 4.98 Å². The van der Waals surface area contributed by atoms with Crippen LogP contribution in [0.25, 0.3) is 44.3 Å². The van der Waals surface area contributed by atoms with Gasteiger partial charge in [-0.2, -0.15) is 0 Å². The van der Waals surface area contributed by atoms with Gasteiger partial charge in [-0.15, -0.1) is 0 Å². The molecule has 0 saturated heterocycles. The van der Waals surface area contributed by atoms with Crippen LogP contribution in [-0.4, -0.2) is 63.4 Å². The summed E-state index contributed by atoms with van der Waals surface area (Å²) in [7, 11) is 4.37. The van der Waals surface area contributed by atoms with Crippen LogP contribution in [0.2, 0.25) is 0 Å². The molecule has 2 unspecified atom stereocenters. The largest absolute Gasteiger partial charge is 0.497 e. The third kappa shape index (κ3) is 6.49. The molecular formula is C43H50N4O7. The topological polar surface area (TPSA) is 160 Å². The molecular weight excluding hydrogens is 684 g/mol. The van der Waals surface area contributed by atoms with Crippen molar-refractivity contribution in [2.24, 2.45) is 0 Å². The maximum atomic E-state index is 12.5. The third-order valence-corrected chi connectivity index (χ3v) is 11.4. The Labute approximate surface area is 315 Å². The molecule has 1 aromatic carbocycles. The van der Waals surface area contributed by atoms with E-state index in [0.717, 1.165) is 61.2 Å². The van der Waals surface area contributed by atoms with Gasteiger partial charge in [-0.3, -0.25) is 14.6 Å². The van der Waals surface area contributed by atoms with Gasteiger partial charge in [-0.05, 0) is 123 Å². The van der Waals surface area contributed by atoms with Gasteiger partial charge in [0.25, 0.3) is 0 Å². The van der Waals surface area contributed by atoms with Crippen molar-refractivity contribution >= 4 is 45.2 Å². The highest BCUT2D eigenvalue weighted by molar-refractivity contribution is 5.97. The van der Waals surface area contributed by atoms with E-state index in [4.69, 9.17) is 24.2 Å². The maximum Gasteiger partial charge on any atom is 0.305 e. The molecule has 0 spiro atoms. The Morgan fingerprint density at radius 1 is 0.778 bits per heavy atom. The zero-order chi connectivity index (χ0) is 39.1. The quantitative estimate of drug-likeness (QED) is 0.120. The lowest BCUT2D eigenvalue weighted by Gasteiger charge is -2.35. The van der Waals surface area contributed by atoms with E-state index in [9.17, 15) is 19.8 Å². The number of rotatable bonds is 10. The number of aromatic nitrogens is 4. The number of nitrogens with zero attached hydrogens (tertiary/aromatic N) is 2. The van der Waals surface area contributed by atoms with Gasteiger partial charge in [0.2, 0.25) is 0 Å². The molecule has 11 nitrogen and oxygen atoms in total. The van der Waals surface area contributed by atoms with Crippen LogP contribution in [0.1, 0.15) is 98.4 Å². The summed E-state index contributed by atoms with van der Waals surface area (Å²) in [5.74, 6) is 0.0302. The minimum Gasteiger partial charge on any atom is -0.497 e. The number of carbonyl (C=O) groups is 2. The fraction of sp³-hybridized carbons (Fsp3) is 0.395. The molecule has 284 valence electrons. The van der Waals surface area contributed by atoms with Gasteiger partial charge >= 0.3 is 11.9 Å². The summed E-state index contributed by atoms with van der Waals surface area (Å²) in [6.45, 7) is 11.5. The summed E-state index contributed by atoms with van der Waals surface area (Å²) in [6, 6.07) is 13.4. The van der Waals surface area contributed by atoms with Crippen molar-refractivity contribution in [3.63, 3.8) is 0 Å². The molecule has 11 heteroatoms. The molecule has 2 atom stereocenters. The predicted molar refractivity (Wildman–Crippen MR) is 210 cm³/mol. The van der Waals surface area contributed by atoms with E-state index in [1.54, 1.807) is 20.1 Å². The van der Waals surface area contributed by atoms with Crippen molar-refractivity contribution < 1.29 is 34.0 Å². The average molecular weight is 735 g/mol. The molecule has 0 fully saturated rings. The van der Waals surface area contributed by atoms with Crippen LogP contribution in [0.3, 0.4) is 0 Å². The highest BCUT2D eigenvalue weighted by Crippen LogP contribution is 2.50. The Balaban J connectivity index is 1.84. The van der Waals surface area contributed by atoms with E-state index in [0.29, 0.717) is 53.2 Å². The fourth-order valence-corrected chi connectivity index (χ4v) is 7.92. The van der Waals surface area contributed by atoms with Gasteiger partial charge in [0, 0.05) is 40.5 Å². The Kier molecular flexibility index (Phi) is 10.6. The average Bonchev–Trinajstić information content (AvgIpc) is 3.80. The molecule has 0 aliphatic carbocycles. The first-order valence-electron chi connectivity index (χ1n) is 18.4. The number of esters is 2. The molecule has 5 heterocycles. The van der Waals surface area contributed by atoms with E-state index in [2.05, 4.69) is 16.9 Å². The standard InChI is InChI=1S/C43H50N4O7/c1-10-28-25(5)40-39(26-12-14-27(52-7)15-13-26)41-42(6,50)43(51,11-2)36(47-41)22-32-24(4)30(17-19-38(49)54-9)35(45-32)21-34-29(16-18-37(48)53-8)23(3)31(44-34)20-33(28)46-40/h12-15,20-22,44-45,50-51H,10-11,16-19H2,1-9H3. The Morgan fingerprint density at radius 2 is 1.33 bits per heavy atom. The van der Waals surface area contributed by atoms with Crippen molar-refractivity contribution in [1.82, 2.24) is 19.9 Å². The normalized spacial score (nSPS) is 18.2. The number of hydrogen-bond acceptors (Lipinski definition) is 9. The second-order valence-electron chi connectivity index (χ2n) is 14.2. The van der Waals surface area contributed by atoms with Gasteiger partial charge in [0.1, 0.15) is 17.0 Å². The molecule has 54 heavy (non-hydrogen) atoms. The number of aliphatic hydroxyl groups is 2. The Hall–Kier alpha value is -5.26. The number of fused-ring (bicyclic) bond motifs is 8. The van der Waals surface area contributed by atoms with Crippen LogP contribution >= 0.6 is 0 Å². The second-order valence-corrected chi connectivity index (χ2v) is 14.2. The number of benzene rings is 1. The summed E-state index contributed by atoms with van der Waals surface area (Å²) in [4.78, 5) is 42.3. The van der Waals surface area contributed by atoms with Crippen molar-refractivity contribution in [2.45, 2.75) is 91.3 Å². The summed E-state index contributed by atoms with van der Waals surface area (Å²) >= 11 is 0. The van der Waals surface area contributed by atoms with Gasteiger partial charge in [0.15, 0.2) is 0 Å². The maximum absolute atomic E-state index is 12.5. The lowest BCUT2D eigenvalue weighted by Crippen LogP contribution is -2.43. The number of allylic oxidation sites excluding steroid dienone is 2. The Bertz CT molecular complexity index is 2330. The van der Waals surface area contributed by atoms with Crippen molar-refractivity contribution in [3.05, 3.63) is 87.5 Å². The number of H-pyrrole nitrogens is 2. The molecule has 0 saturated carbocycles. The first kappa shape index (κ1) is 38.5. The van der Waals surface area contributed by atoms with Crippen molar-refractivity contribution in [1.29, 1.82) is 0 Å². The van der Waals surface area contributed by atoms with Crippen LogP contribution in [-0.2, 0) is 43.1 Å². The van der Waals surface area contributed by atoms with E-state index >= 15 is 0 Å². The fourth-order valence-electron chi connectivity index (χ4n) is 7.92. The number of aryl methyl sites for hydroxylation is 4. The molecule has 8 bridgehead atoms. The SMILES string of the molecule is CCC1=C(C)c2nc1cc1[nH]c(cc3[nH]c(cc4nc(c2-c2ccc(OC)cc2)C(C)(O)C4(O)CC)c(C)c3CCC(=O)OC)c(CCC(=O)OC)c1C. The Morgan fingerprint density at radius 3 is 1.83 bits per heavy atom. The first-order chi connectivity index (χ1) is 25.7. The van der Waals surface area contributed by atoms with Gasteiger partial charge in [0.05, 0.1) is 44.1 Å². The van der Waals surface area contributed by atoms with Crippen molar-refractivity contribution in [3.8, 4) is 16.9 Å². The van der Waals surface area contributed by atoms with Crippen LogP contribution in [0.4, 0.5) is 0 Å². The molecule has 4 aromatic rings. The summed E-state index contributed by atoms with van der Waals surface area (Å²) in [5, 5.41) is 25.0. The number of nitrogens with one attached hydrogen (secondary N) is 2. The predicted octanol–water partition coefficient (Wildman–Crippen LogP) is 7.66. The molecule has 6 rings (SSSR count). The molecule has 2 aliphatic rings. The van der Waals surface area contributed by atoms with Crippen LogP contribution in [0, 0.1) is 13.8 Å². The highest BCUT2D eigenvalue weighted by Gasteiger charge is 2.54. The monoisotopic (exact) mass is 734 g/mol. The molecule has 2 aliphatic heterocycles. The van der Waals surface area contributed by atoms with Crippen LogP contribution in [0.15, 0.2) is 42.5 Å². The lowest BCUT2D eigenvalue weighted by molar-refractivity contribution is -0.148. The van der Waals surface area contributed by atoms with Gasteiger partial charge < -0.3 is 34.4 Å². The summed E-state index contributed by atoms with van der Waals surface area (Å²) < 4.78 is 15.5. The molecule has 3 aromatic heterocycles. The number of hydrogen-bond donors (Lipinski definition) is 4. The van der Waals surface area contributed by atoms with Crippen molar-refractivity contribution in [2.75, 3.05) is 21.3 Å².